The summed E-state index contributed by atoms with van der Waals surface area (Å²) in [6.07, 6.45) is 0. The van der Waals surface area contributed by atoms with Gasteiger partial charge in [0.2, 0.25) is 0 Å². The summed E-state index contributed by atoms with van der Waals surface area (Å²) in [6, 6.07) is 12.0. The van der Waals surface area contributed by atoms with Gasteiger partial charge in [-0.1, -0.05) is 12.1 Å². The molecule has 0 aliphatic rings. The van der Waals surface area contributed by atoms with Crippen molar-refractivity contribution in [2.45, 2.75) is 13.8 Å². The molecule has 3 aromatic rings. The molecule has 0 N–H and O–H groups in total. The predicted molar refractivity (Wildman–Crippen MR) is 88.7 cm³/mol. The van der Waals surface area contributed by atoms with Gasteiger partial charge in [0.05, 0.1) is 18.1 Å². The fourth-order valence-corrected chi connectivity index (χ4v) is 2.47. The monoisotopic (exact) mass is 308 g/mol. The van der Waals surface area contributed by atoms with Gasteiger partial charge in [-0.05, 0) is 49.2 Å². The number of carbonyl (C=O) groups is 1. The highest BCUT2D eigenvalue weighted by atomic mass is 16.5. The summed E-state index contributed by atoms with van der Waals surface area (Å²) < 4.78 is 10.6. The number of esters is 1. The van der Waals surface area contributed by atoms with Gasteiger partial charge in [0.15, 0.2) is 5.43 Å². The normalized spacial score (nSPS) is 10.7. The molecule has 0 spiro atoms. The Labute approximate surface area is 133 Å². The van der Waals surface area contributed by atoms with Gasteiger partial charge in [-0.15, -0.1) is 0 Å². The second-order valence-corrected chi connectivity index (χ2v) is 5.48. The molecule has 0 saturated heterocycles. The Balaban J connectivity index is 2.19. The van der Waals surface area contributed by atoms with Crippen LogP contribution in [-0.2, 0) is 4.74 Å². The van der Waals surface area contributed by atoms with E-state index in [2.05, 4.69) is 0 Å². The van der Waals surface area contributed by atoms with Crippen LogP contribution in [0.2, 0.25) is 0 Å². The SMILES string of the molecule is COC(=O)c1cccc(-c2cc(=O)c3cc(C)c(C)cc3o2)c1. The molecule has 0 bridgehead atoms. The van der Waals surface area contributed by atoms with Gasteiger partial charge in [-0.2, -0.15) is 0 Å². The van der Waals surface area contributed by atoms with Crippen molar-refractivity contribution < 1.29 is 13.9 Å². The van der Waals surface area contributed by atoms with Gasteiger partial charge in [-0.25, -0.2) is 4.79 Å². The van der Waals surface area contributed by atoms with Crippen molar-refractivity contribution in [2.75, 3.05) is 7.11 Å². The third-order valence-electron chi connectivity index (χ3n) is 3.91. The number of aryl methyl sites for hydroxylation is 2. The Morgan fingerprint density at radius 3 is 2.52 bits per heavy atom. The van der Waals surface area contributed by atoms with E-state index in [9.17, 15) is 9.59 Å². The first kappa shape index (κ1) is 15.0. The van der Waals surface area contributed by atoms with E-state index >= 15 is 0 Å². The van der Waals surface area contributed by atoms with Crippen molar-refractivity contribution in [1.82, 2.24) is 0 Å². The van der Waals surface area contributed by atoms with Gasteiger partial charge in [0, 0.05) is 11.6 Å². The molecule has 0 aliphatic heterocycles. The van der Waals surface area contributed by atoms with Crippen LogP contribution < -0.4 is 5.43 Å². The van der Waals surface area contributed by atoms with Gasteiger partial charge in [-0.3, -0.25) is 4.79 Å². The van der Waals surface area contributed by atoms with Crippen LogP contribution >= 0.6 is 0 Å². The molecule has 1 heterocycles. The summed E-state index contributed by atoms with van der Waals surface area (Å²) in [7, 11) is 1.33. The Bertz CT molecular complexity index is 967. The van der Waals surface area contributed by atoms with Gasteiger partial charge < -0.3 is 9.15 Å². The largest absolute Gasteiger partial charge is 0.465 e. The zero-order valence-electron chi connectivity index (χ0n) is 13.2. The number of fused-ring (bicyclic) bond motifs is 1. The van der Waals surface area contributed by atoms with Crippen molar-refractivity contribution in [3.63, 3.8) is 0 Å². The third-order valence-corrected chi connectivity index (χ3v) is 3.91. The molecule has 0 radical (unpaired) electrons. The van der Waals surface area contributed by atoms with Crippen molar-refractivity contribution in [1.29, 1.82) is 0 Å². The van der Waals surface area contributed by atoms with Crippen LogP contribution in [0.4, 0.5) is 0 Å². The topological polar surface area (TPSA) is 56.5 Å². The molecule has 0 unspecified atom stereocenters. The maximum absolute atomic E-state index is 12.4. The van der Waals surface area contributed by atoms with E-state index in [0.29, 0.717) is 27.9 Å². The maximum atomic E-state index is 12.4. The Morgan fingerprint density at radius 1 is 1.04 bits per heavy atom. The number of methoxy groups -OCH3 is 1. The molecule has 0 aliphatic carbocycles. The molecule has 3 rings (SSSR count). The lowest BCUT2D eigenvalue weighted by Gasteiger charge is -2.07. The fourth-order valence-electron chi connectivity index (χ4n) is 2.47. The number of carbonyl (C=O) groups excluding carboxylic acids is 1. The molecule has 23 heavy (non-hydrogen) atoms. The zero-order chi connectivity index (χ0) is 16.6. The van der Waals surface area contributed by atoms with Gasteiger partial charge in [0.1, 0.15) is 11.3 Å². The number of hydrogen-bond donors (Lipinski definition) is 0. The molecular formula is C19H16O4. The first-order chi connectivity index (χ1) is 11.0. The van der Waals surface area contributed by atoms with Crippen molar-refractivity contribution in [3.8, 4) is 11.3 Å². The molecule has 4 heteroatoms. The van der Waals surface area contributed by atoms with Crippen LogP contribution in [0.25, 0.3) is 22.3 Å². The van der Waals surface area contributed by atoms with E-state index in [1.807, 2.05) is 26.0 Å². The highest BCUT2D eigenvalue weighted by Gasteiger charge is 2.11. The minimum absolute atomic E-state index is 0.104. The first-order valence-corrected chi connectivity index (χ1v) is 7.23. The van der Waals surface area contributed by atoms with E-state index in [4.69, 9.17) is 9.15 Å². The van der Waals surface area contributed by atoms with E-state index < -0.39 is 5.97 Å². The Kier molecular flexibility index (Phi) is 3.74. The molecule has 0 saturated carbocycles. The van der Waals surface area contributed by atoms with Crippen LogP contribution in [0.3, 0.4) is 0 Å². The zero-order valence-corrected chi connectivity index (χ0v) is 13.2. The highest BCUT2D eigenvalue weighted by Crippen LogP contribution is 2.25. The summed E-state index contributed by atoms with van der Waals surface area (Å²) in [5, 5.41) is 0.556. The van der Waals surface area contributed by atoms with Crippen LogP contribution in [0.15, 0.2) is 51.7 Å². The molecule has 0 fully saturated rings. The summed E-state index contributed by atoms with van der Waals surface area (Å²) in [6.45, 7) is 3.93. The quantitative estimate of drug-likeness (QED) is 0.674. The van der Waals surface area contributed by atoms with Crippen LogP contribution in [0.1, 0.15) is 21.5 Å². The molecule has 0 amide bonds. The minimum Gasteiger partial charge on any atom is -0.465 e. The van der Waals surface area contributed by atoms with E-state index in [1.165, 1.54) is 13.2 Å². The standard InChI is InChI=1S/C19H16O4/c1-11-7-15-16(20)10-17(23-18(15)8-12(11)2)13-5-4-6-14(9-13)19(21)22-3/h4-10H,1-3H3. The number of rotatable bonds is 2. The molecule has 1 aromatic heterocycles. The van der Waals surface area contributed by atoms with E-state index in [-0.39, 0.29) is 5.43 Å². The average molecular weight is 308 g/mol. The summed E-state index contributed by atoms with van der Waals surface area (Å²) in [5.41, 5.74) is 3.61. The van der Waals surface area contributed by atoms with E-state index in [0.717, 1.165) is 11.1 Å². The summed E-state index contributed by atoms with van der Waals surface area (Å²) >= 11 is 0. The van der Waals surface area contributed by atoms with Crippen LogP contribution in [-0.4, -0.2) is 13.1 Å². The van der Waals surface area contributed by atoms with Crippen LogP contribution in [0.5, 0.6) is 0 Å². The molecule has 2 aromatic carbocycles. The van der Waals surface area contributed by atoms with Crippen LogP contribution in [0, 0.1) is 13.8 Å². The molecular weight excluding hydrogens is 292 g/mol. The fraction of sp³-hybridized carbons (Fsp3) is 0.158. The van der Waals surface area contributed by atoms with E-state index in [1.54, 1.807) is 24.3 Å². The second-order valence-electron chi connectivity index (χ2n) is 5.48. The van der Waals surface area contributed by atoms with Crippen molar-refractivity contribution in [3.05, 3.63) is 69.4 Å². The number of benzene rings is 2. The lowest BCUT2D eigenvalue weighted by atomic mass is 10.0. The lowest BCUT2D eigenvalue weighted by Crippen LogP contribution is -2.03. The second kappa shape index (κ2) is 5.72. The summed E-state index contributed by atoms with van der Waals surface area (Å²) in [5.74, 6) is -0.00189. The maximum Gasteiger partial charge on any atom is 0.337 e. The lowest BCUT2D eigenvalue weighted by molar-refractivity contribution is 0.0601. The van der Waals surface area contributed by atoms with Crippen molar-refractivity contribution in [2.24, 2.45) is 0 Å². The molecule has 116 valence electrons. The molecule has 0 atom stereocenters. The Morgan fingerprint density at radius 2 is 1.78 bits per heavy atom. The number of hydrogen-bond acceptors (Lipinski definition) is 4. The van der Waals surface area contributed by atoms with Crippen molar-refractivity contribution >= 4 is 16.9 Å². The predicted octanol–water partition coefficient (Wildman–Crippen LogP) is 3.86. The number of ether oxygens (including phenoxy) is 1. The van der Waals surface area contributed by atoms with Gasteiger partial charge >= 0.3 is 5.97 Å². The Hall–Kier alpha value is -2.88. The smallest absolute Gasteiger partial charge is 0.337 e. The minimum atomic E-state index is -0.429. The molecule has 4 nitrogen and oxygen atoms in total. The highest BCUT2D eigenvalue weighted by molar-refractivity contribution is 5.91. The first-order valence-electron chi connectivity index (χ1n) is 7.23. The average Bonchev–Trinajstić information content (AvgIpc) is 2.56. The third kappa shape index (κ3) is 2.75. The van der Waals surface area contributed by atoms with Gasteiger partial charge in [0.25, 0.3) is 0 Å². The summed E-state index contributed by atoms with van der Waals surface area (Å²) in [4.78, 5) is 24.0.